The molecule has 1 aliphatic rings. The minimum Gasteiger partial charge on any atom is -0.762 e. The van der Waals surface area contributed by atoms with Gasteiger partial charge in [0, 0.05) is 6.04 Å². The quantitative estimate of drug-likeness (QED) is 0.619. The summed E-state index contributed by atoms with van der Waals surface area (Å²) < 4.78 is 0. The molecule has 3 atom stereocenters. The molecule has 0 aromatic carbocycles. The van der Waals surface area contributed by atoms with Crippen LogP contribution < -0.4 is 0 Å². The molecule has 0 bridgehead atoms. The van der Waals surface area contributed by atoms with Gasteiger partial charge in [0.05, 0.1) is 7.11 Å². The van der Waals surface area contributed by atoms with Crippen molar-refractivity contribution in [3.63, 3.8) is 0 Å². The van der Waals surface area contributed by atoms with Gasteiger partial charge in [0.2, 0.25) is 0 Å². The fourth-order valence-electron chi connectivity index (χ4n) is 2.21. The molecule has 3 nitrogen and oxygen atoms in total. The summed E-state index contributed by atoms with van der Waals surface area (Å²) >= 11 is 0. The van der Waals surface area contributed by atoms with E-state index in [0.717, 1.165) is 11.6 Å². The minimum atomic E-state index is 0.117. The number of hydroxylamine groups is 2. The zero-order valence-corrected chi connectivity index (χ0v) is 8.82. The van der Waals surface area contributed by atoms with Crippen molar-refractivity contribution < 1.29 is 4.84 Å². The van der Waals surface area contributed by atoms with E-state index in [1.165, 1.54) is 26.4 Å². The predicted octanol–water partition coefficient (Wildman–Crippen LogP) is 2.56. The molecule has 1 aliphatic carbocycles. The third kappa shape index (κ3) is 2.42. The van der Waals surface area contributed by atoms with E-state index in [2.05, 4.69) is 13.8 Å². The van der Waals surface area contributed by atoms with Gasteiger partial charge >= 0.3 is 0 Å². The van der Waals surface area contributed by atoms with Gasteiger partial charge in [0.1, 0.15) is 0 Å². The van der Waals surface area contributed by atoms with Crippen LogP contribution in [0.1, 0.15) is 39.5 Å². The average Bonchev–Trinajstić information content (AvgIpc) is 2.13. The number of hydrogen-bond donors (Lipinski definition) is 0. The van der Waals surface area contributed by atoms with E-state index in [1.807, 2.05) is 0 Å². The van der Waals surface area contributed by atoms with E-state index in [-0.39, 0.29) is 6.04 Å². The van der Waals surface area contributed by atoms with Crippen LogP contribution in [-0.4, -0.2) is 18.4 Å². The van der Waals surface area contributed by atoms with Gasteiger partial charge in [-0.3, -0.25) is 5.23 Å². The largest absolute Gasteiger partial charge is 0.762 e. The molecule has 1 unspecified atom stereocenters. The first-order valence-corrected chi connectivity index (χ1v) is 5.21. The van der Waals surface area contributed by atoms with Crippen molar-refractivity contribution in [3.8, 4) is 0 Å². The van der Waals surface area contributed by atoms with Gasteiger partial charge in [-0.05, 0) is 24.7 Å². The van der Waals surface area contributed by atoms with Crippen LogP contribution in [0.4, 0.5) is 0 Å². The maximum atomic E-state index is 11.2. The fourth-order valence-corrected chi connectivity index (χ4v) is 2.21. The molecular formula is C10H20NO2-. The standard InChI is InChI=1S/C10H20NO2/c1-4-5-6-9-8(2)7-10(9)11(12)13-3/h8-10H,4-7H2,1-3H3/q-1/t8-,9?,10-/m1/s1. The summed E-state index contributed by atoms with van der Waals surface area (Å²) in [5.74, 6) is 1.25. The summed E-state index contributed by atoms with van der Waals surface area (Å²) in [6.07, 6.45) is 4.60. The molecule has 3 heteroatoms. The first kappa shape index (κ1) is 11.0. The van der Waals surface area contributed by atoms with Gasteiger partial charge in [-0.2, -0.15) is 0 Å². The fraction of sp³-hybridized carbons (Fsp3) is 1.00. The molecule has 0 saturated heterocycles. The van der Waals surface area contributed by atoms with E-state index in [0.29, 0.717) is 11.8 Å². The molecule has 0 heterocycles. The monoisotopic (exact) mass is 186 g/mol. The van der Waals surface area contributed by atoms with Gasteiger partial charge in [0.15, 0.2) is 0 Å². The summed E-state index contributed by atoms with van der Waals surface area (Å²) in [5.41, 5.74) is 0. The first-order chi connectivity index (χ1) is 6.20. The smallest absolute Gasteiger partial charge is 0.0563 e. The Morgan fingerprint density at radius 3 is 2.69 bits per heavy atom. The van der Waals surface area contributed by atoms with Crippen molar-refractivity contribution in [2.24, 2.45) is 11.8 Å². The maximum Gasteiger partial charge on any atom is 0.0563 e. The lowest BCUT2D eigenvalue weighted by Crippen LogP contribution is -2.49. The van der Waals surface area contributed by atoms with Crippen LogP contribution in [0, 0.1) is 17.0 Å². The van der Waals surface area contributed by atoms with Crippen molar-refractivity contribution in [2.75, 3.05) is 7.11 Å². The zero-order chi connectivity index (χ0) is 9.84. The highest BCUT2D eigenvalue weighted by atomic mass is 16.9. The molecule has 0 aromatic heterocycles. The molecule has 1 rings (SSSR count). The summed E-state index contributed by atoms with van der Waals surface area (Å²) in [5, 5.41) is 12.0. The second-order valence-corrected chi connectivity index (χ2v) is 4.05. The topological polar surface area (TPSA) is 35.5 Å². The lowest BCUT2D eigenvalue weighted by atomic mass is 9.68. The molecule has 13 heavy (non-hydrogen) atoms. The Labute approximate surface area is 80.6 Å². The molecule has 1 saturated carbocycles. The maximum absolute atomic E-state index is 11.2. The van der Waals surface area contributed by atoms with Gasteiger partial charge in [-0.15, -0.1) is 0 Å². The van der Waals surface area contributed by atoms with Gasteiger partial charge < -0.3 is 10.0 Å². The van der Waals surface area contributed by atoms with Gasteiger partial charge in [0.25, 0.3) is 0 Å². The summed E-state index contributed by atoms with van der Waals surface area (Å²) in [7, 11) is 1.45. The molecule has 78 valence electrons. The molecule has 0 aliphatic heterocycles. The Morgan fingerprint density at radius 2 is 2.23 bits per heavy atom. The molecule has 0 aromatic rings. The number of unbranched alkanes of at least 4 members (excludes halogenated alkanes) is 1. The van der Waals surface area contributed by atoms with Crippen molar-refractivity contribution in [1.82, 2.24) is 5.23 Å². The summed E-state index contributed by atoms with van der Waals surface area (Å²) in [6, 6.07) is 0.117. The average molecular weight is 186 g/mol. The van der Waals surface area contributed by atoms with Crippen molar-refractivity contribution in [2.45, 2.75) is 45.6 Å². The summed E-state index contributed by atoms with van der Waals surface area (Å²) in [6.45, 7) is 4.41. The number of nitrogens with zero attached hydrogens (tertiary/aromatic N) is 1. The van der Waals surface area contributed by atoms with Crippen LogP contribution in [0.3, 0.4) is 0 Å². The molecule has 1 fully saturated rings. The van der Waals surface area contributed by atoms with E-state index in [1.54, 1.807) is 0 Å². The van der Waals surface area contributed by atoms with E-state index < -0.39 is 0 Å². The van der Waals surface area contributed by atoms with Crippen molar-refractivity contribution in [1.29, 1.82) is 0 Å². The predicted molar refractivity (Wildman–Crippen MR) is 52.8 cm³/mol. The molecule has 0 amide bonds. The van der Waals surface area contributed by atoms with Gasteiger partial charge in [-0.25, -0.2) is 0 Å². The lowest BCUT2D eigenvalue weighted by molar-refractivity contribution is -0.172. The van der Waals surface area contributed by atoms with Crippen molar-refractivity contribution in [3.05, 3.63) is 5.21 Å². The molecular weight excluding hydrogens is 166 g/mol. The second kappa shape index (κ2) is 4.94. The van der Waals surface area contributed by atoms with Crippen LogP contribution in [0.15, 0.2) is 0 Å². The first-order valence-electron chi connectivity index (χ1n) is 5.21. The Hall–Kier alpha value is -0.120. The SMILES string of the molecule is CCCCC1[C@H](C)C[C@H]1N([O-])OC. The molecule has 0 spiro atoms. The highest BCUT2D eigenvalue weighted by molar-refractivity contribution is 4.91. The van der Waals surface area contributed by atoms with E-state index >= 15 is 0 Å². The van der Waals surface area contributed by atoms with Crippen LogP contribution in [0.25, 0.3) is 0 Å². The lowest BCUT2D eigenvalue weighted by Gasteiger charge is -2.50. The Bertz CT molecular complexity index is 152. The van der Waals surface area contributed by atoms with Gasteiger partial charge in [-0.1, -0.05) is 26.7 Å². The highest BCUT2D eigenvalue weighted by Crippen LogP contribution is 2.40. The minimum absolute atomic E-state index is 0.117. The highest BCUT2D eigenvalue weighted by Gasteiger charge is 2.38. The van der Waals surface area contributed by atoms with E-state index in [9.17, 15) is 5.21 Å². The Balaban J connectivity index is 2.32. The number of hydrogen-bond acceptors (Lipinski definition) is 3. The molecule has 0 N–H and O–H groups in total. The van der Waals surface area contributed by atoms with Crippen LogP contribution >= 0.6 is 0 Å². The zero-order valence-electron chi connectivity index (χ0n) is 8.82. The third-order valence-electron chi connectivity index (χ3n) is 3.18. The third-order valence-corrected chi connectivity index (χ3v) is 3.18. The van der Waals surface area contributed by atoms with Crippen LogP contribution in [0.5, 0.6) is 0 Å². The van der Waals surface area contributed by atoms with Crippen molar-refractivity contribution >= 4 is 0 Å². The Morgan fingerprint density at radius 1 is 1.54 bits per heavy atom. The second-order valence-electron chi connectivity index (χ2n) is 4.05. The normalized spacial score (nSPS) is 33.5. The van der Waals surface area contributed by atoms with Crippen LogP contribution in [-0.2, 0) is 4.84 Å². The van der Waals surface area contributed by atoms with Crippen LogP contribution in [0.2, 0.25) is 0 Å². The van der Waals surface area contributed by atoms with E-state index in [4.69, 9.17) is 4.84 Å². The number of rotatable bonds is 5. The summed E-state index contributed by atoms with van der Waals surface area (Å²) in [4.78, 5) is 4.69. The Kier molecular flexibility index (Phi) is 4.16. The molecule has 0 radical (unpaired) electrons.